The van der Waals surface area contributed by atoms with E-state index in [4.69, 9.17) is 5.11 Å². The minimum absolute atomic E-state index is 0.0309. The smallest absolute Gasteiger partial charge is 0.313 e. The van der Waals surface area contributed by atoms with E-state index in [9.17, 15) is 4.79 Å². The molecule has 0 radical (unpaired) electrons. The first-order valence-corrected chi connectivity index (χ1v) is 7.18. The van der Waals surface area contributed by atoms with Crippen LogP contribution in [-0.2, 0) is 11.8 Å². The number of carboxylic acids is 1. The maximum Gasteiger partial charge on any atom is 0.313 e. The van der Waals surface area contributed by atoms with Gasteiger partial charge in [-0.1, -0.05) is 11.8 Å². The standard InChI is InChI=1S/C12H17N5O2S/c1-7(2)17-11(9-5-13-16(4)8(9)3)14-15-12(17)20-6-10(18)19/h5,7H,6H2,1-4H3,(H,18,19). The van der Waals surface area contributed by atoms with Crippen molar-refractivity contribution in [2.75, 3.05) is 5.75 Å². The predicted molar refractivity (Wildman–Crippen MR) is 75.7 cm³/mol. The number of hydrogen-bond donors (Lipinski definition) is 1. The number of hydrogen-bond acceptors (Lipinski definition) is 5. The fraction of sp³-hybridized carbons (Fsp3) is 0.500. The van der Waals surface area contributed by atoms with E-state index < -0.39 is 5.97 Å². The highest BCUT2D eigenvalue weighted by atomic mass is 32.2. The zero-order valence-electron chi connectivity index (χ0n) is 11.9. The second-order valence-corrected chi connectivity index (χ2v) is 5.66. The first kappa shape index (κ1) is 14.6. The van der Waals surface area contributed by atoms with Crippen LogP contribution in [0.5, 0.6) is 0 Å². The third kappa shape index (κ3) is 2.69. The van der Waals surface area contributed by atoms with E-state index in [0.29, 0.717) is 5.16 Å². The van der Waals surface area contributed by atoms with Crippen LogP contribution in [-0.4, -0.2) is 41.4 Å². The Morgan fingerprint density at radius 3 is 2.65 bits per heavy atom. The van der Waals surface area contributed by atoms with Crippen LogP contribution in [0.3, 0.4) is 0 Å². The number of nitrogens with zero attached hydrogens (tertiary/aromatic N) is 5. The van der Waals surface area contributed by atoms with Gasteiger partial charge in [-0.2, -0.15) is 5.10 Å². The molecule has 8 heteroatoms. The van der Waals surface area contributed by atoms with Crippen LogP contribution in [0.25, 0.3) is 11.4 Å². The number of carbonyl (C=O) groups is 1. The summed E-state index contributed by atoms with van der Waals surface area (Å²) in [4.78, 5) is 10.7. The summed E-state index contributed by atoms with van der Waals surface area (Å²) in [5.41, 5.74) is 1.91. The molecule has 7 nitrogen and oxygen atoms in total. The summed E-state index contributed by atoms with van der Waals surface area (Å²) in [7, 11) is 1.87. The molecule has 2 aromatic heterocycles. The highest BCUT2D eigenvalue weighted by Crippen LogP contribution is 2.28. The van der Waals surface area contributed by atoms with Gasteiger partial charge >= 0.3 is 5.97 Å². The molecule has 0 aromatic carbocycles. The molecule has 0 spiro atoms. The van der Waals surface area contributed by atoms with Crippen LogP contribution in [0.15, 0.2) is 11.4 Å². The summed E-state index contributed by atoms with van der Waals surface area (Å²) in [6.07, 6.45) is 1.75. The SMILES string of the molecule is Cc1c(-c2nnc(SCC(=O)O)n2C(C)C)cnn1C. The summed E-state index contributed by atoms with van der Waals surface area (Å²) < 4.78 is 3.72. The Labute approximate surface area is 121 Å². The lowest BCUT2D eigenvalue weighted by atomic mass is 10.2. The molecule has 2 rings (SSSR count). The molecular formula is C12H17N5O2S. The van der Waals surface area contributed by atoms with Crippen LogP contribution in [0, 0.1) is 6.92 Å². The van der Waals surface area contributed by atoms with E-state index in [-0.39, 0.29) is 11.8 Å². The molecule has 0 amide bonds. The van der Waals surface area contributed by atoms with Crippen molar-refractivity contribution in [3.8, 4) is 11.4 Å². The van der Waals surface area contributed by atoms with E-state index in [1.54, 1.807) is 10.9 Å². The lowest BCUT2D eigenvalue weighted by Gasteiger charge is -2.13. The van der Waals surface area contributed by atoms with E-state index in [2.05, 4.69) is 15.3 Å². The number of aromatic nitrogens is 5. The van der Waals surface area contributed by atoms with Crippen molar-refractivity contribution in [3.05, 3.63) is 11.9 Å². The highest BCUT2D eigenvalue weighted by molar-refractivity contribution is 7.99. The largest absolute Gasteiger partial charge is 0.481 e. The third-order valence-electron chi connectivity index (χ3n) is 2.98. The molecule has 0 aliphatic heterocycles. The molecule has 0 aliphatic rings. The zero-order chi connectivity index (χ0) is 14.9. The molecule has 20 heavy (non-hydrogen) atoms. The number of aryl methyl sites for hydroxylation is 1. The van der Waals surface area contributed by atoms with Crippen LogP contribution < -0.4 is 0 Å². The lowest BCUT2D eigenvalue weighted by Crippen LogP contribution is -2.07. The van der Waals surface area contributed by atoms with Crippen LogP contribution >= 0.6 is 11.8 Å². The van der Waals surface area contributed by atoms with E-state index in [1.165, 1.54) is 11.8 Å². The first-order valence-electron chi connectivity index (χ1n) is 6.20. The minimum Gasteiger partial charge on any atom is -0.481 e. The van der Waals surface area contributed by atoms with Crippen molar-refractivity contribution in [1.29, 1.82) is 0 Å². The van der Waals surface area contributed by atoms with Gasteiger partial charge in [0.25, 0.3) is 0 Å². The average molecular weight is 295 g/mol. The number of carboxylic acid groups (broad SMARTS) is 1. The molecule has 0 bridgehead atoms. The van der Waals surface area contributed by atoms with Crippen LogP contribution in [0.4, 0.5) is 0 Å². The van der Waals surface area contributed by atoms with Gasteiger partial charge in [-0.15, -0.1) is 10.2 Å². The van der Waals surface area contributed by atoms with Crippen LogP contribution in [0.2, 0.25) is 0 Å². The Bertz CT molecular complexity index is 632. The maximum atomic E-state index is 10.7. The molecule has 0 saturated heterocycles. The summed E-state index contributed by atoms with van der Waals surface area (Å²) in [5.74, 6) is -0.178. The lowest BCUT2D eigenvalue weighted by molar-refractivity contribution is -0.133. The van der Waals surface area contributed by atoms with Gasteiger partial charge in [0, 0.05) is 18.8 Å². The molecular weight excluding hydrogens is 278 g/mol. The Hall–Kier alpha value is -1.83. The van der Waals surface area contributed by atoms with Gasteiger partial charge in [-0.05, 0) is 20.8 Å². The molecule has 0 fully saturated rings. The second-order valence-electron chi connectivity index (χ2n) is 4.72. The van der Waals surface area contributed by atoms with Crippen molar-refractivity contribution in [1.82, 2.24) is 24.5 Å². The number of rotatable bonds is 5. The Balaban J connectivity index is 2.44. The molecule has 0 saturated carbocycles. The molecule has 108 valence electrons. The highest BCUT2D eigenvalue weighted by Gasteiger charge is 2.20. The van der Waals surface area contributed by atoms with Gasteiger partial charge < -0.3 is 5.11 Å². The molecule has 0 aliphatic carbocycles. The van der Waals surface area contributed by atoms with Crippen molar-refractivity contribution < 1.29 is 9.90 Å². The summed E-state index contributed by atoms with van der Waals surface area (Å²) >= 11 is 1.17. The number of aliphatic carboxylic acids is 1. The molecule has 2 heterocycles. The fourth-order valence-corrected chi connectivity index (χ4v) is 2.66. The topological polar surface area (TPSA) is 85.8 Å². The monoisotopic (exact) mass is 295 g/mol. The Kier molecular flexibility index (Phi) is 4.12. The minimum atomic E-state index is -0.868. The van der Waals surface area contributed by atoms with Gasteiger partial charge in [0.15, 0.2) is 11.0 Å². The third-order valence-corrected chi connectivity index (χ3v) is 3.91. The van der Waals surface area contributed by atoms with Crippen molar-refractivity contribution >= 4 is 17.7 Å². The van der Waals surface area contributed by atoms with E-state index in [0.717, 1.165) is 17.1 Å². The molecule has 0 atom stereocenters. The molecule has 2 aromatic rings. The second kappa shape index (κ2) is 5.66. The van der Waals surface area contributed by atoms with E-state index >= 15 is 0 Å². The maximum absolute atomic E-state index is 10.7. The zero-order valence-corrected chi connectivity index (χ0v) is 12.7. The van der Waals surface area contributed by atoms with E-state index in [1.807, 2.05) is 32.4 Å². The predicted octanol–water partition coefficient (Wildman–Crippen LogP) is 1.74. The average Bonchev–Trinajstić information content (AvgIpc) is 2.92. The van der Waals surface area contributed by atoms with Gasteiger partial charge in [0.05, 0.1) is 17.5 Å². The van der Waals surface area contributed by atoms with Gasteiger partial charge in [0.1, 0.15) is 0 Å². The van der Waals surface area contributed by atoms with Gasteiger partial charge in [0.2, 0.25) is 0 Å². The summed E-state index contributed by atoms with van der Waals surface area (Å²) in [5, 5.41) is 21.9. The summed E-state index contributed by atoms with van der Waals surface area (Å²) in [6.45, 7) is 6.00. The Morgan fingerprint density at radius 1 is 1.45 bits per heavy atom. The quantitative estimate of drug-likeness (QED) is 0.846. The Morgan fingerprint density at radius 2 is 2.15 bits per heavy atom. The number of thioether (sulfide) groups is 1. The first-order chi connectivity index (χ1) is 9.41. The van der Waals surface area contributed by atoms with Gasteiger partial charge in [-0.25, -0.2) is 0 Å². The van der Waals surface area contributed by atoms with Gasteiger partial charge in [-0.3, -0.25) is 14.0 Å². The normalized spacial score (nSPS) is 11.2. The fourth-order valence-electron chi connectivity index (χ4n) is 1.87. The van der Waals surface area contributed by atoms with Crippen LogP contribution in [0.1, 0.15) is 25.6 Å². The van der Waals surface area contributed by atoms with Crippen molar-refractivity contribution in [2.24, 2.45) is 7.05 Å². The summed E-state index contributed by atoms with van der Waals surface area (Å²) in [6, 6.07) is 0.135. The molecule has 0 unspecified atom stereocenters. The van der Waals surface area contributed by atoms with Crippen molar-refractivity contribution in [2.45, 2.75) is 32.0 Å². The molecule has 1 N–H and O–H groups in total. The van der Waals surface area contributed by atoms with Crippen molar-refractivity contribution in [3.63, 3.8) is 0 Å².